The second-order valence-electron chi connectivity index (χ2n) is 9.93. The molecule has 5 heteroatoms. The van der Waals surface area contributed by atoms with Crippen LogP contribution in [-0.4, -0.2) is 24.0 Å². The van der Waals surface area contributed by atoms with Gasteiger partial charge in [-0.1, -0.05) is 81.6 Å². The Labute approximate surface area is 209 Å². The predicted octanol–water partition coefficient (Wildman–Crippen LogP) is 8.17. The molecule has 0 amide bonds. The molecule has 2 atom stereocenters. The summed E-state index contributed by atoms with van der Waals surface area (Å²) in [5, 5.41) is 10.6. The Balaban J connectivity index is 1.88. The minimum atomic E-state index is -4.47. The fraction of sp³-hybridized carbons (Fsp3) is 0.567. The van der Waals surface area contributed by atoms with Crippen molar-refractivity contribution in [3.05, 3.63) is 71.3 Å². The van der Waals surface area contributed by atoms with Gasteiger partial charge in [-0.15, -0.1) is 0 Å². The Morgan fingerprint density at radius 1 is 0.943 bits per heavy atom. The van der Waals surface area contributed by atoms with Gasteiger partial charge >= 0.3 is 6.18 Å². The van der Waals surface area contributed by atoms with Crippen LogP contribution < -0.4 is 0 Å². The first-order valence-corrected chi connectivity index (χ1v) is 13.2. The van der Waals surface area contributed by atoms with Crippen molar-refractivity contribution >= 4 is 0 Å². The SMILES string of the molecule is CCC(CCC(C#N)(c1ccccc1C(F)(F)F)C1CCCCC1)N(CC)CCc1ccccc1. The van der Waals surface area contributed by atoms with E-state index in [0.29, 0.717) is 6.42 Å². The number of likely N-dealkylation sites (N-methyl/N-ethyl adjacent to an activating group) is 1. The number of halogens is 3. The van der Waals surface area contributed by atoms with Crippen LogP contribution in [0.2, 0.25) is 0 Å². The van der Waals surface area contributed by atoms with E-state index in [2.05, 4.69) is 36.9 Å². The molecule has 0 saturated heterocycles. The quantitative estimate of drug-likeness (QED) is 0.322. The minimum Gasteiger partial charge on any atom is -0.300 e. The van der Waals surface area contributed by atoms with Gasteiger partial charge < -0.3 is 4.90 Å². The molecule has 1 aliphatic carbocycles. The van der Waals surface area contributed by atoms with E-state index in [1.165, 1.54) is 11.6 Å². The molecule has 0 N–H and O–H groups in total. The Kier molecular flexibility index (Phi) is 9.80. The second kappa shape index (κ2) is 12.6. The summed E-state index contributed by atoms with van der Waals surface area (Å²) in [6.07, 6.45) is 3.27. The second-order valence-corrected chi connectivity index (χ2v) is 9.93. The van der Waals surface area contributed by atoms with Crippen molar-refractivity contribution in [1.82, 2.24) is 4.90 Å². The first-order valence-electron chi connectivity index (χ1n) is 13.2. The van der Waals surface area contributed by atoms with E-state index < -0.39 is 17.2 Å². The monoisotopic (exact) mass is 484 g/mol. The molecule has 1 saturated carbocycles. The molecule has 190 valence electrons. The summed E-state index contributed by atoms with van der Waals surface area (Å²) < 4.78 is 42.2. The summed E-state index contributed by atoms with van der Waals surface area (Å²) in [6.45, 7) is 6.08. The summed E-state index contributed by atoms with van der Waals surface area (Å²) in [7, 11) is 0. The molecule has 0 bridgehead atoms. The number of hydrogen-bond acceptors (Lipinski definition) is 2. The minimum absolute atomic E-state index is 0.0401. The van der Waals surface area contributed by atoms with Gasteiger partial charge in [0, 0.05) is 12.6 Å². The van der Waals surface area contributed by atoms with Gasteiger partial charge in [0.05, 0.1) is 17.0 Å². The first-order chi connectivity index (χ1) is 16.9. The largest absolute Gasteiger partial charge is 0.416 e. The van der Waals surface area contributed by atoms with Gasteiger partial charge in [-0.3, -0.25) is 0 Å². The number of nitriles is 1. The molecule has 0 heterocycles. The molecule has 0 aliphatic heterocycles. The van der Waals surface area contributed by atoms with Crippen LogP contribution in [0, 0.1) is 17.2 Å². The van der Waals surface area contributed by atoms with Crippen LogP contribution in [0.1, 0.15) is 81.9 Å². The lowest BCUT2D eigenvalue weighted by Crippen LogP contribution is -2.41. The molecule has 35 heavy (non-hydrogen) atoms. The molecule has 0 spiro atoms. The highest BCUT2D eigenvalue weighted by molar-refractivity contribution is 5.42. The lowest BCUT2D eigenvalue weighted by molar-refractivity contribution is -0.138. The average Bonchev–Trinajstić information content (AvgIpc) is 2.89. The topological polar surface area (TPSA) is 27.0 Å². The third-order valence-corrected chi connectivity index (χ3v) is 8.01. The predicted molar refractivity (Wildman–Crippen MR) is 136 cm³/mol. The van der Waals surface area contributed by atoms with Crippen molar-refractivity contribution < 1.29 is 13.2 Å². The van der Waals surface area contributed by atoms with Crippen LogP contribution in [0.25, 0.3) is 0 Å². The Morgan fingerprint density at radius 3 is 2.14 bits per heavy atom. The van der Waals surface area contributed by atoms with Crippen LogP contribution in [-0.2, 0) is 18.0 Å². The van der Waals surface area contributed by atoms with E-state index in [4.69, 9.17) is 0 Å². The van der Waals surface area contributed by atoms with Crippen molar-refractivity contribution in [3.8, 4) is 6.07 Å². The summed E-state index contributed by atoms with van der Waals surface area (Å²) in [6, 6.07) is 18.9. The van der Waals surface area contributed by atoms with Crippen LogP contribution >= 0.6 is 0 Å². The van der Waals surface area contributed by atoms with E-state index in [0.717, 1.165) is 70.5 Å². The number of benzene rings is 2. The van der Waals surface area contributed by atoms with E-state index in [9.17, 15) is 18.4 Å². The lowest BCUT2D eigenvalue weighted by atomic mass is 9.62. The number of alkyl halides is 3. The number of hydrogen-bond donors (Lipinski definition) is 0. The Morgan fingerprint density at radius 2 is 1.57 bits per heavy atom. The summed E-state index contributed by atoms with van der Waals surface area (Å²) in [5.74, 6) is -0.0401. The van der Waals surface area contributed by atoms with Crippen LogP contribution in [0.5, 0.6) is 0 Å². The average molecular weight is 485 g/mol. The molecule has 3 rings (SSSR count). The van der Waals surface area contributed by atoms with Crippen LogP contribution in [0.4, 0.5) is 13.2 Å². The summed E-state index contributed by atoms with van der Waals surface area (Å²) >= 11 is 0. The molecule has 0 aromatic heterocycles. The molecule has 1 fully saturated rings. The molecular weight excluding hydrogens is 445 g/mol. The molecule has 0 radical (unpaired) electrons. The maximum Gasteiger partial charge on any atom is 0.416 e. The molecule has 2 aromatic carbocycles. The van der Waals surface area contributed by atoms with Crippen molar-refractivity contribution in [1.29, 1.82) is 5.26 Å². The molecular formula is C30H39F3N2. The highest BCUT2D eigenvalue weighted by Gasteiger charge is 2.46. The smallest absolute Gasteiger partial charge is 0.300 e. The fourth-order valence-electron chi connectivity index (χ4n) is 6.04. The molecule has 2 nitrogen and oxygen atoms in total. The van der Waals surface area contributed by atoms with Gasteiger partial charge in [-0.25, -0.2) is 0 Å². The lowest BCUT2D eigenvalue weighted by Gasteiger charge is -2.41. The normalized spacial score (nSPS) is 17.6. The van der Waals surface area contributed by atoms with Gasteiger partial charge in [0.25, 0.3) is 0 Å². The maximum absolute atomic E-state index is 14.1. The third-order valence-electron chi connectivity index (χ3n) is 8.01. The van der Waals surface area contributed by atoms with Gasteiger partial charge in [-0.05, 0) is 68.2 Å². The van der Waals surface area contributed by atoms with E-state index in [1.807, 2.05) is 18.2 Å². The van der Waals surface area contributed by atoms with Crippen LogP contribution in [0.15, 0.2) is 54.6 Å². The highest BCUT2D eigenvalue weighted by Crippen LogP contribution is 2.48. The van der Waals surface area contributed by atoms with E-state index in [-0.39, 0.29) is 17.5 Å². The van der Waals surface area contributed by atoms with Crippen molar-refractivity contribution in [3.63, 3.8) is 0 Å². The standard InChI is InChI=1S/C30H39F3N2/c1-3-26(35(4-2)22-20-24-13-7-5-8-14-24)19-21-29(23-34,25-15-9-6-10-16-25)27-17-11-12-18-28(27)30(31,32)33/h5,7-8,11-14,17-18,25-26H,3-4,6,9-10,15-16,19-22H2,1-2H3. The summed E-state index contributed by atoms with van der Waals surface area (Å²) in [5.41, 5.74) is -0.284. The zero-order valence-corrected chi connectivity index (χ0v) is 21.2. The zero-order valence-electron chi connectivity index (χ0n) is 21.2. The van der Waals surface area contributed by atoms with E-state index in [1.54, 1.807) is 12.1 Å². The Hall–Kier alpha value is -2.32. The third kappa shape index (κ3) is 6.67. The zero-order chi connectivity index (χ0) is 25.3. The number of rotatable bonds is 11. The van der Waals surface area contributed by atoms with Gasteiger partial charge in [-0.2, -0.15) is 18.4 Å². The van der Waals surface area contributed by atoms with Gasteiger partial charge in [0.2, 0.25) is 0 Å². The molecule has 2 aromatic rings. The molecule has 2 unspecified atom stereocenters. The molecule has 1 aliphatic rings. The Bertz CT molecular complexity index is 944. The maximum atomic E-state index is 14.1. The van der Waals surface area contributed by atoms with Gasteiger partial charge in [0.1, 0.15) is 0 Å². The summed E-state index contributed by atoms with van der Waals surface area (Å²) in [4.78, 5) is 2.44. The first kappa shape index (κ1) is 27.3. The number of nitrogens with zero attached hydrogens (tertiary/aromatic N) is 2. The fourth-order valence-corrected chi connectivity index (χ4v) is 6.04. The van der Waals surface area contributed by atoms with Crippen LogP contribution in [0.3, 0.4) is 0 Å². The van der Waals surface area contributed by atoms with Crippen molar-refractivity contribution in [2.75, 3.05) is 13.1 Å². The van der Waals surface area contributed by atoms with Crippen molar-refractivity contribution in [2.24, 2.45) is 5.92 Å². The van der Waals surface area contributed by atoms with Gasteiger partial charge in [0.15, 0.2) is 0 Å². The van der Waals surface area contributed by atoms with E-state index >= 15 is 0 Å². The highest BCUT2D eigenvalue weighted by atomic mass is 19.4. The van der Waals surface area contributed by atoms with Crippen molar-refractivity contribution in [2.45, 2.75) is 89.3 Å².